The molecule has 3 rings (SSSR count). The smallest absolute Gasteiger partial charge is 0.338 e. The first-order valence-corrected chi connectivity index (χ1v) is 9.47. The van der Waals surface area contributed by atoms with E-state index in [0.29, 0.717) is 30.0 Å². The number of benzene rings is 1. The van der Waals surface area contributed by atoms with Gasteiger partial charge in [0.25, 0.3) is 0 Å². The average molecular weight is 362 g/mol. The molecule has 0 saturated carbocycles. The monoisotopic (exact) mass is 362 g/mol. The van der Waals surface area contributed by atoms with Gasteiger partial charge in [-0.15, -0.1) is 11.8 Å². The number of hydrogen-bond acceptors (Lipinski definition) is 5. The quantitative estimate of drug-likeness (QED) is 0.815. The lowest BCUT2D eigenvalue weighted by Crippen LogP contribution is -2.48. The molecule has 6 nitrogen and oxygen atoms in total. The van der Waals surface area contributed by atoms with Crippen molar-refractivity contribution in [3.63, 3.8) is 0 Å². The molecule has 7 heteroatoms. The summed E-state index contributed by atoms with van der Waals surface area (Å²) in [5.41, 5.74) is 1.05. The molecular formula is C18H22N2O4S. The number of fused-ring (bicyclic) bond motifs is 1. The third-order valence-corrected chi connectivity index (χ3v) is 6.08. The molecule has 2 unspecified atom stereocenters. The Bertz CT molecular complexity index is 691. The highest BCUT2D eigenvalue weighted by Crippen LogP contribution is 2.47. The van der Waals surface area contributed by atoms with Crippen molar-refractivity contribution in [2.45, 2.75) is 44.0 Å². The minimum atomic E-state index is -0.445. The second-order valence-corrected chi connectivity index (χ2v) is 7.97. The molecule has 2 aliphatic rings. The van der Waals surface area contributed by atoms with Crippen LogP contribution < -0.4 is 5.32 Å². The Hall–Kier alpha value is -2.02. The van der Waals surface area contributed by atoms with Crippen molar-refractivity contribution in [1.82, 2.24) is 4.90 Å². The van der Waals surface area contributed by atoms with Crippen molar-refractivity contribution in [2.24, 2.45) is 0 Å². The van der Waals surface area contributed by atoms with E-state index in [0.717, 1.165) is 12.8 Å². The summed E-state index contributed by atoms with van der Waals surface area (Å²) >= 11 is 1.66. The van der Waals surface area contributed by atoms with Crippen molar-refractivity contribution in [1.29, 1.82) is 0 Å². The SMILES string of the molecule is CCCOC(=O)c1ccc(NC(=O)C2CSC3(C)CCC(=O)N23)cc1. The molecule has 1 N–H and O–H groups in total. The Morgan fingerprint density at radius 1 is 1.36 bits per heavy atom. The molecular weight excluding hydrogens is 340 g/mol. The lowest BCUT2D eigenvalue weighted by Gasteiger charge is -2.29. The number of carbonyl (C=O) groups excluding carboxylic acids is 3. The fourth-order valence-corrected chi connectivity index (χ4v) is 4.64. The summed E-state index contributed by atoms with van der Waals surface area (Å²) in [6.07, 6.45) is 2.06. The topological polar surface area (TPSA) is 75.7 Å². The number of amides is 2. The Kier molecular flexibility index (Phi) is 5.03. The first kappa shape index (κ1) is 17.8. The predicted molar refractivity (Wildman–Crippen MR) is 96.4 cm³/mol. The maximum Gasteiger partial charge on any atom is 0.338 e. The lowest BCUT2D eigenvalue weighted by atomic mass is 10.2. The second kappa shape index (κ2) is 7.07. The zero-order valence-corrected chi connectivity index (χ0v) is 15.2. The van der Waals surface area contributed by atoms with E-state index in [1.165, 1.54) is 0 Å². The van der Waals surface area contributed by atoms with Gasteiger partial charge in [0.15, 0.2) is 0 Å². The standard InChI is InChI=1S/C18H22N2O4S/c1-3-10-24-17(23)12-4-6-13(7-5-12)19-16(22)14-11-25-18(2)9-8-15(21)20(14)18/h4-7,14H,3,8-11H2,1-2H3,(H,19,22). The number of ether oxygens (including phenoxy) is 1. The normalized spacial score (nSPS) is 25.0. The molecule has 2 saturated heterocycles. The molecule has 2 amide bonds. The molecule has 2 fully saturated rings. The van der Waals surface area contributed by atoms with Gasteiger partial charge in [0, 0.05) is 17.9 Å². The van der Waals surface area contributed by atoms with Crippen molar-refractivity contribution in [3.8, 4) is 0 Å². The number of rotatable bonds is 5. The van der Waals surface area contributed by atoms with Gasteiger partial charge in [0.2, 0.25) is 11.8 Å². The Morgan fingerprint density at radius 2 is 2.08 bits per heavy atom. The first-order valence-electron chi connectivity index (χ1n) is 8.49. The van der Waals surface area contributed by atoms with Gasteiger partial charge in [-0.05, 0) is 44.0 Å². The third kappa shape index (κ3) is 3.51. The van der Waals surface area contributed by atoms with Crippen molar-refractivity contribution in [3.05, 3.63) is 29.8 Å². The van der Waals surface area contributed by atoms with Gasteiger partial charge in [-0.3, -0.25) is 9.59 Å². The minimum Gasteiger partial charge on any atom is -0.462 e. The maximum atomic E-state index is 12.6. The van der Waals surface area contributed by atoms with Gasteiger partial charge in [-0.25, -0.2) is 4.79 Å². The lowest BCUT2D eigenvalue weighted by molar-refractivity contribution is -0.135. The Labute approximate surface area is 151 Å². The molecule has 0 spiro atoms. The van der Waals surface area contributed by atoms with Gasteiger partial charge >= 0.3 is 5.97 Å². The zero-order valence-electron chi connectivity index (χ0n) is 14.4. The predicted octanol–water partition coefficient (Wildman–Crippen LogP) is 2.65. The largest absolute Gasteiger partial charge is 0.462 e. The number of nitrogens with one attached hydrogen (secondary N) is 1. The number of hydrogen-bond donors (Lipinski definition) is 1. The van der Waals surface area contributed by atoms with Gasteiger partial charge < -0.3 is 15.0 Å². The number of esters is 1. The van der Waals surface area contributed by atoms with Gasteiger partial charge in [0.1, 0.15) is 6.04 Å². The molecule has 2 heterocycles. The summed E-state index contributed by atoms with van der Waals surface area (Å²) in [7, 11) is 0. The van der Waals surface area contributed by atoms with E-state index in [2.05, 4.69) is 5.32 Å². The summed E-state index contributed by atoms with van der Waals surface area (Å²) in [5.74, 6) is 0.0926. The highest BCUT2D eigenvalue weighted by atomic mass is 32.2. The summed E-state index contributed by atoms with van der Waals surface area (Å²) in [6, 6.07) is 6.16. The van der Waals surface area contributed by atoms with Crippen LogP contribution in [0.2, 0.25) is 0 Å². The molecule has 0 aromatic heterocycles. The van der Waals surface area contributed by atoms with E-state index in [9.17, 15) is 14.4 Å². The number of anilines is 1. The average Bonchev–Trinajstić information content (AvgIpc) is 3.09. The van der Waals surface area contributed by atoms with Crippen LogP contribution in [0.4, 0.5) is 5.69 Å². The van der Waals surface area contributed by atoms with E-state index in [1.54, 1.807) is 40.9 Å². The molecule has 1 aromatic rings. The van der Waals surface area contributed by atoms with Crippen LogP contribution in [0.3, 0.4) is 0 Å². The number of carbonyl (C=O) groups is 3. The maximum absolute atomic E-state index is 12.6. The number of thioether (sulfide) groups is 1. The Balaban J connectivity index is 1.64. The van der Waals surface area contributed by atoms with E-state index in [-0.39, 0.29) is 22.7 Å². The molecule has 0 bridgehead atoms. The van der Waals surface area contributed by atoms with E-state index < -0.39 is 6.04 Å². The van der Waals surface area contributed by atoms with Crippen molar-refractivity contribution < 1.29 is 19.1 Å². The second-order valence-electron chi connectivity index (χ2n) is 6.47. The molecule has 0 aliphatic carbocycles. The zero-order chi connectivity index (χ0) is 18.0. The van der Waals surface area contributed by atoms with E-state index in [4.69, 9.17) is 4.74 Å². The van der Waals surface area contributed by atoms with E-state index in [1.807, 2.05) is 13.8 Å². The fourth-order valence-electron chi connectivity index (χ4n) is 3.21. The molecule has 134 valence electrons. The molecule has 25 heavy (non-hydrogen) atoms. The summed E-state index contributed by atoms with van der Waals surface area (Å²) in [4.78, 5) is 38.0. The molecule has 1 aromatic carbocycles. The van der Waals surface area contributed by atoms with Crippen LogP contribution >= 0.6 is 11.8 Å². The first-order chi connectivity index (χ1) is 11.9. The summed E-state index contributed by atoms with van der Waals surface area (Å²) < 4.78 is 5.08. The van der Waals surface area contributed by atoms with E-state index >= 15 is 0 Å². The van der Waals surface area contributed by atoms with Crippen molar-refractivity contribution in [2.75, 3.05) is 17.7 Å². The third-order valence-electron chi connectivity index (χ3n) is 4.57. The van der Waals surface area contributed by atoms with Gasteiger partial charge in [-0.1, -0.05) is 6.92 Å². The molecule has 2 atom stereocenters. The van der Waals surface area contributed by atoms with Crippen LogP contribution in [-0.2, 0) is 14.3 Å². The minimum absolute atomic E-state index is 0.0432. The van der Waals surface area contributed by atoms with Crippen molar-refractivity contribution >= 4 is 35.2 Å². The summed E-state index contributed by atoms with van der Waals surface area (Å²) in [6.45, 7) is 4.34. The highest BCUT2D eigenvalue weighted by molar-refractivity contribution is 8.01. The summed E-state index contributed by atoms with van der Waals surface area (Å²) in [5, 5.41) is 2.85. The van der Waals surface area contributed by atoms with Crippen LogP contribution in [0.15, 0.2) is 24.3 Å². The molecule has 0 radical (unpaired) electrons. The number of nitrogens with zero attached hydrogens (tertiary/aromatic N) is 1. The Morgan fingerprint density at radius 3 is 2.76 bits per heavy atom. The van der Waals surface area contributed by atoms with Crippen LogP contribution in [0.25, 0.3) is 0 Å². The van der Waals surface area contributed by atoms with Crippen LogP contribution in [0, 0.1) is 0 Å². The fraction of sp³-hybridized carbons (Fsp3) is 0.500. The van der Waals surface area contributed by atoms with Crippen LogP contribution in [0.5, 0.6) is 0 Å². The highest BCUT2D eigenvalue weighted by Gasteiger charge is 2.52. The van der Waals surface area contributed by atoms with Crippen LogP contribution in [-0.4, -0.2) is 46.0 Å². The van der Waals surface area contributed by atoms with Gasteiger partial charge in [0.05, 0.1) is 17.0 Å². The molecule has 2 aliphatic heterocycles. The van der Waals surface area contributed by atoms with Crippen LogP contribution in [0.1, 0.15) is 43.5 Å². The van der Waals surface area contributed by atoms with Gasteiger partial charge in [-0.2, -0.15) is 0 Å².